The lowest BCUT2D eigenvalue weighted by Crippen LogP contribution is -2.54. The highest BCUT2D eigenvalue weighted by Gasteiger charge is 2.36. The summed E-state index contributed by atoms with van der Waals surface area (Å²) in [5.41, 5.74) is 1.87. The molecule has 0 aliphatic carbocycles. The average molecular weight is 510 g/mol. The van der Waals surface area contributed by atoms with Crippen LogP contribution >= 0.6 is 11.8 Å². The lowest BCUT2D eigenvalue weighted by molar-refractivity contribution is -0.143. The Hall–Kier alpha value is -2.26. The highest BCUT2D eigenvalue weighted by Crippen LogP contribution is 2.27. The second kappa shape index (κ2) is 15.0. The summed E-state index contributed by atoms with van der Waals surface area (Å²) in [6, 6.07) is 3.80. The van der Waals surface area contributed by atoms with Crippen molar-refractivity contribution < 1.29 is 24.2 Å². The average Bonchev–Trinajstić information content (AvgIpc) is 2.77. The minimum atomic E-state index is -0.941. The minimum absolute atomic E-state index is 0.0517. The van der Waals surface area contributed by atoms with Gasteiger partial charge in [-0.1, -0.05) is 31.5 Å². The first-order valence-corrected chi connectivity index (χ1v) is 13.6. The number of hydrogen-bond donors (Lipinski definition) is 3. The Kier molecular flexibility index (Phi) is 13.2. The zero-order chi connectivity index (χ0) is 26.6. The summed E-state index contributed by atoms with van der Waals surface area (Å²) >= 11 is 1.55. The molecule has 0 fully saturated rings. The molecule has 0 aliphatic heterocycles. The van der Waals surface area contributed by atoms with Crippen molar-refractivity contribution in [3.05, 3.63) is 34.9 Å². The number of aliphatic hydroxyl groups is 1. The molecule has 0 saturated heterocycles. The van der Waals surface area contributed by atoms with E-state index in [1.807, 2.05) is 45.2 Å². The number of amides is 3. The Labute approximate surface area is 214 Å². The molecule has 1 aromatic carbocycles. The fraction of sp³-hybridized carbons (Fsp3) is 0.654. The summed E-state index contributed by atoms with van der Waals surface area (Å²) in [5, 5.41) is 15.5. The Balaban J connectivity index is 3.43. The number of thioether (sulfide) groups is 1. The van der Waals surface area contributed by atoms with Gasteiger partial charge in [-0.05, 0) is 76.2 Å². The van der Waals surface area contributed by atoms with Crippen molar-refractivity contribution in [2.24, 2.45) is 0 Å². The molecule has 3 N–H and O–H groups in total. The van der Waals surface area contributed by atoms with Crippen LogP contribution in [0.1, 0.15) is 69.7 Å². The van der Waals surface area contributed by atoms with Crippen molar-refractivity contribution in [3.63, 3.8) is 0 Å². The normalized spacial score (nSPS) is 13.0. The number of hydrogen-bond acceptors (Lipinski definition) is 6. The number of carbonyl (C=O) groups excluding carboxylic acids is 3. The number of aryl methyl sites for hydroxylation is 1. The van der Waals surface area contributed by atoms with E-state index in [1.54, 1.807) is 32.5 Å². The van der Waals surface area contributed by atoms with Crippen LogP contribution in [-0.4, -0.2) is 71.3 Å². The van der Waals surface area contributed by atoms with E-state index in [0.29, 0.717) is 24.3 Å². The Morgan fingerprint density at radius 3 is 2.46 bits per heavy atom. The van der Waals surface area contributed by atoms with E-state index in [9.17, 15) is 19.5 Å². The molecular formula is C26H43N3O5S. The van der Waals surface area contributed by atoms with Gasteiger partial charge in [0.25, 0.3) is 0 Å². The number of aliphatic hydroxyl groups excluding tert-OH is 1. The molecule has 0 aliphatic rings. The van der Waals surface area contributed by atoms with Crippen LogP contribution in [0.5, 0.6) is 0 Å². The van der Waals surface area contributed by atoms with Crippen molar-refractivity contribution in [2.75, 3.05) is 31.7 Å². The predicted octanol–water partition coefficient (Wildman–Crippen LogP) is 3.73. The molecule has 3 amide bonds. The molecule has 2 unspecified atom stereocenters. The van der Waals surface area contributed by atoms with Gasteiger partial charge in [-0.15, -0.1) is 0 Å². The van der Waals surface area contributed by atoms with Gasteiger partial charge in [0.2, 0.25) is 11.8 Å². The van der Waals surface area contributed by atoms with E-state index in [2.05, 4.69) is 10.6 Å². The van der Waals surface area contributed by atoms with Crippen molar-refractivity contribution >= 4 is 29.7 Å². The van der Waals surface area contributed by atoms with Crippen molar-refractivity contribution in [1.82, 2.24) is 15.5 Å². The summed E-state index contributed by atoms with van der Waals surface area (Å²) in [7, 11) is 0. The Morgan fingerprint density at radius 2 is 1.89 bits per heavy atom. The predicted molar refractivity (Wildman–Crippen MR) is 142 cm³/mol. The molecule has 35 heavy (non-hydrogen) atoms. The fourth-order valence-electron chi connectivity index (χ4n) is 3.62. The molecule has 1 aromatic rings. The number of rotatable bonds is 13. The topological polar surface area (TPSA) is 108 Å². The van der Waals surface area contributed by atoms with Gasteiger partial charge < -0.3 is 25.4 Å². The molecule has 1 rings (SSSR count). The highest BCUT2D eigenvalue weighted by atomic mass is 32.2. The molecule has 0 aromatic heterocycles. The number of benzene rings is 1. The van der Waals surface area contributed by atoms with E-state index in [-0.39, 0.29) is 19.1 Å². The van der Waals surface area contributed by atoms with Gasteiger partial charge in [-0.2, -0.15) is 11.8 Å². The largest absolute Gasteiger partial charge is 0.444 e. The molecule has 0 saturated carbocycles. The summed E-state index contributed by atoms with van der Waals surface area (Å²) in [6.07, 6.45) is 3.32. The molecule has 8 nitrogen and oxygen atoms in total. The summed E-state index contributed by atoms with van der Waals surface area (Å²) < 4.78 is 5.37. The Bertz CT molecular complexity index is 841. The van der Waals surface area contributed by atoms with Crippen LogP contribution in [0.4, 0.5) is 4.79 Å². The second-order valence-corrected chi connectivity index (χ2v) is 10.6. The van der Waals surface area contributed by atoms with Crippen LogP contribution < -0.4 is 10.6 Å². The highest BCUT2D eigenvalue weighted by molar-refractivity contribution is 7.98. The van der Waals surface area contributed by atoms with Crippen LogP contribution in [0.15, 0.2) is 18.2 Å². The lowest BCUT2D eigenvalue weighted by Gasteiger charge is -2.35. The SMILES string of the molecule is CCCCNC(=O)C(c1cccc(C)c1C)N(CCO)C(=O)C(CCSC)NC(=O)OC(C)(C)C. The number of nitrogens with one attached hydrogen (secondary N) is 2. The van der Waals surface area contributed by atoms with E-state index >= 15 is 0 Å². The number of unbranched alkanes of at least 4 members (excludes halogenated alkanes) is 1. The second-order valence-electron chi connectivity index (χ2n) is 9.57. The third-order valence-corrected chi connectivity index (χ3v) is 6.20. The van der Waals surface area contributed by atoms with Crippen LogP contribution in [-0.2, 0) is 14.3 Å². The van der Waals surface area contributed by atoms with E-state index < -0.39 is 29.7 Å². The first-order chi connectivity index (χ1) is 16.5. The van der Waals surface area contributed by atoms with Crippen LogP contribution in [0.25, 0.3) is 0 Å². The van der Waals surface area contributed by atoms with Crippen molar-refractivity contribution in [2.45, 2.75) is 78.5 Å². The minimum Gasteiger partial charge on any atom is -0.444 e. The molecular weight excluding hydrogens is 466 g/mol. The first-order valence-electron chi connectivity index (χ1n) is 12.2. The molecule has 9 heteroatoms. The van der Waals surface area contributed by atoms with Crippen LogP contribution in [0.3, 0.4) is 0 Å². The van der Waals surface area contributed by atoms with E-state index in [1.165, 1.54) is 4.90 Å². The number of ether oxygens (including phenoxy) is 1. The number of nitrogens with zero attached hydrogens (tertiary/aromatic N) is 1. The Morgan fingerprint density at radius 1 is 1.20 bits per heavy atom. The maximum Gasteiger partial charge on any atom is 0.408 e. The van der Waals surface area contributed by atoms with Gasteiger partial charge in [-0.25, -0.2) is 4.79 Å². The molecule has 198 valence electrons. The zero-order valence-corrected chi connectivity index (χ0v) is 23.1. The third-order valence-electron chi connectivity index (χ3n) is 5.55. The third kappa shape index (κ3) is 10.1. The van der Waals surface area contributed by atoms with E-state index in [4.69, 9.17) is 4.74 Å². The van der Waals surface area contributed by atoms with Gasteiger partial charge in [0.15, 0.2) is 0 Å². The number of alkyl carbamates (subject to hydrolysis) is 1. The fourth-order valence-corrected chi connectivity index (χ4v) is 4.09. The summed E-state index contributed by atoms with van der Waals surface area (Å²) in [6.45, 7) is 11.3. The monoisotopic (exact) mass is 509 g/mol. The molecule has 0 spiro atoms. The summed E-state index contributed by atoms with van der Waals surface area (Å²) in [4.78, 5) is 41.2. The van der Waals surface area contributed by atoms with Gasteiger partial charge in [-0.3, -0.25) is 9.59 Å². The zero-order valence-electron chi connectivity index (χ0n) is 22.3. The van der Waals surface area contributed by atoms with Gasteiger partial charge in [0.05, 0.1) is 6.61 Å². The maximum atomic E-state index is 13.8. The molecule has 0 radical (unpaired) electrons. The maximum absolute atomic E-state index is 13.8. The van der Waals surface area contributed by atoms with Crippen molar-refractivity contribution in [1.29, 1.82) is 0 Å². The molecule has 0 heterocycles. The molecule has 2 atom stereocenters. The van der Waals surface area contributed by atoms with Crippen LogP contribution in [0.2, 0.25) is 0 Å². The standard InChI is InChI=1S/C26H43N3O5S/c1-8-9-14-27-23(31)22(20-12-10-11-18(2)19(20)3)29(15-16-30)24(32)21(13-17-35-7)28-25(33)34-26(4,5)6/h10-12,21-22,30H,8-9,13-17H2,1-7H3,(H,27,31)(H,28,33). The van der Waals surface area contributed by atoms with Gasteiger partial charge in [0, 0.05) is 13.1 Å². The van der Waals surface area contributed by atoms with E-state index in [0.717, 1.165) is 24.0 Å². The number of carbonyl (C=O) groups is 3. The smallest absolute Gasteiger partial charge is 0.408 e. The summed E-state index contributed by atoms with van der Waals surface area (Å²) in [5.74, 6) is -0.124. The lowest BCUT2D eigenvalue weighted by atomic mass is 9.95. The first kappa shape index (κ1) is 30.8. The van der Waals surface area contributed by atoms with Crippen LogP contribution in [0, 0.1) is 13.8 Å². The van der Waals surface area contributed by atoms with Gasteiger partial charge in [0.1, 0.15) is 17.7 Å². The molecule has 0 bridgehead atoms. The quantitative estimate of drug-likeness (QED) is 0.350. The van der Waals surface area contributed by atoms with Gasteiger partial charge >= 0.3 is 6.09 Å². The van der Waals surface area contributed by atoms with Crippen molar-refractivity contribution in [3.8, 4) is 0 Å².